The highest BCUT2D eigenvalue weighted by Gasteiger charge is 2.24. The molecule has 0 amide bonds. The third-order valence-electron chi connectivity index (χ3n) is 1.13. The van der Waals surface area contributed by atoms with Crippen LogP contribution in [0.25, 0.3) is 0 Å². The van der Waals surface area contributed by atoms with Crippen molar-refractivity contribution in [3.8, 4) is 10.8 Å². The lowest BCUT2D eigenvalue weighted by Crippen LogP contribution is -2.14. The molecule has 0 aliphatic carbocycles. The lowest BCUT2D eigenvalue weighted by Gasteiger charge is -1.92. The van der Waals surface area contributed by atoms with Crippen LogP contribution < -0.4 is 9.47 Å². The minimum absolute atomic E-state index is 0.204. The normalized spacial score (nSPS) is 15.3. The Labute approximate surface area is 70.5 Å². The van der Waals surface area contributed by atoms with E-state index in [1.54, 1.807) is 5.38 Å². The molecule has 0 spiro atoms. The number of fused-ring (bicyclic) bond motifs is 1. The Bertz CT molecular complexity index is 311. The van der Waals surface area contributed by atoms with E-state index in [0.717, 1.165) is 11.3 Å². The van der Waals surface area contributed by atoms with Gasteiger partial charge in [0.05, 0.1) is 0 Å². The number of thiophene rings is 1. The molecule has 0 aromatic carbocycles. The highest BCUT2D eigenvalue weighted by atomic mass is 32.1. The van der Waals surface area contributed by atoms with Crippen LogP contribution in [0.3, 0.4) is 0 Å². The third kappa shape index (κ3) is 1.12. The predicted octanol–water partition coefficient (Wildman–Crippen LogP) is 1.78. The van der Waals surface area contributed by atoms with E-state index in [-0.39, 0.29) is 10.8 Å². The minimum atomic E-state index is -1.07. The van der Waals surface area contributed by atoms with Crippen LogP contribution >= 0.6 is 11.3 Å². The maximum Gasteiger partial charge on any atom is 0.525 e. The summed E-state index contributed by atoms with van der Waals surface area (Å²) in [6.07, 6.45) is -2.14. The summed E-state index contributed by atoms with van der Waals surface area (Å²) < 4.78 is 13.2. The molecule has 1 aromatic heterocycles. The summed E-state index contributed by atoms with van der Waals surface area (Å²) >= 11 is 1.14. The van der Waals surface area contributed by atoms with Gasteiger partial charge in [0.1, 0.15) is 0 Å². The fraction of sp³-hybridized carbons (Fsp3) is 0. The quantitative estimate of drug-likeness (QED) is 0.456. The SMILES string of the molecule is O=C1OC(=O)Oc2sccc2O1. The van der Waals surface area contributed by atoms with Gasteiger partial charge in [-0.3, -0.25) is 0 Å². The van der Waals surface area contributed by atoms with Crippen molar-refractivity contribution in [1.29, 1.82) is 0 Å². The van der Waals surface area contributed by atoms with Gasteiger partial charge in [0.2, 0.25) is 5.06 Å². The zero-order chi connectivity index (χ0) is 8.55. The van der Waals surface area contributed by atoms with Crippen molar-refractivity contribution in [3.05, 3.63) is 11.4 Å². The first kappa shape index (κ1) is 7.11. The molecule has 0 fully saturated rings. The first-order valence-electron chi connectivity index (χ1n) is 2.94. The van der Waals surface area contributed by atoms with Gasteiger partial charge in [0.15, 0.2) is 5.75 Å². The van der Waals surface area contributed by atoms with Crippen molar-refractivity contribution in [3.63, 3.8) is 0 Å². The molecule has 0 atom stereocenters. The first-order valence-corrected chi connectivity index (χ1v) is 3.82. The second-order valence-corrected chi connectivity index (χ2v) is 2.76. The van der Waals surface area contributed by atoms with E-state index in [1.165, 1.54) is 6.07 Å². The molecule has 0 saturated heterocycles. The fourth-order valence-electron chi connectivity index (χ4n) is 0.709. The van der Waals surface area contributed by atoms with E-state index in [2.05, 4.69) is 14.2 Å². The fourth-order valence-corrected chi connectivity index (χ4v) is 1.37. The summed E-state index contributed by atoms with van der Waals surface area (Å²) in [5.74, 6) is 0.204. The predicted molar refractivity (Wildman–Crippen MR) is 37.5 cm³/mol. The standard InChI is InChI=1S/C6H2O5S/c7-5-9-3-1-2-12-4(3)10-6(8)11-5/h1-2H. The van der Waals surface area contributed by atoms with E-state index in [0.29, 0.717) is 0 Å². The van der Waals surface area contributed by atoms with Crippen LogP contribution in [-0.4, -0.2) is 12.3 Å². The highest BCUT2D eigenvalue weighted by Crippen LogP contribution is 2.35. The van der Waals surface area contributed by atoms with E-state index < -0.39 is 12.3 Å². The van der Waals surface area contributed by atoms with Crippen molar-refractivity contribution in [2.75, 3.05) is 0 Å². The maximum atomic E-state index is 10.6. The Morgan fingerprint density at radius 1 is 1.08 bits per heavy atom. The Morgan fingerprint density at radius 3 is 2.67 bits per heavy atom. The molecule has 1 aromatic rings. The van der Waals surface area contributed by atoms with E-state index in [4.69, 9.17) is 0 Å². The molecule has 62 valence electrons. The zero-order valence-corrected chi connectivity index (χ0v) is 6.42. The van der Waals surface area contributed by atoms with Crippen LogP contribution in [0.2, 0.25) is 0 Å². The molecule has 1 aliphatic heterocycles. The Kier molecular flexibility index (Phi) is 1.47. The molecule has 5 nitrogen and oxygen atoms in total. The zero-order valence-electron chi connectivity index (χ0n) is 5.60. The van der Waals surface area contributed by atoms with E-state index in [1.807, 2.05) is 0 Å². The summed E-state index contributed by atoms with van der Waals surface area (Å²) in [5.41, 5.74) is 0. The summed E-state index contributed by atoms with van der Waals surface area (Å²) in [4.78, 5) is 21.2. The van der Waals surface area contributed by atoms with Gasteiger partial charge in [0.25, 0.3) is 0 Å². The van der Waals surface area contributed by atoms with Gasteiger partial charge < -0.3 is 14.2 Å². The molecule has 12 heavy (non-hydrogen) atoms. The van der Waals surface area contributed by atoms with Crippen LogP contribution in [0.4, 0.5) is 9.59 Å². The van der Waals surface area contributed by atoms with Crippen molar-refractivity contribution in [1.82, 2.24) is 0 Å². The van der Waals surface area contributed by atoms with Gasteiger partial charge in [-0.2, -0.15) is 0 Å². The number of rotatable bonds is 0. The number of cyclic esters (lactones) is 2. The van der Waals surface area contributed by atoms with Crippen molar-refractivity contribution in [2.24, 2.45) is 0 Å². The summed E-state index contributed by atoms with van der Waals surface area (Å²) in [6, 6.07) is 1.51. The summed E-state index contributed by atoms with van der Waals surface area (Å²) in [6.45, 7) is 0. The van der Waals surface area contributed by atoms with Crippen molar-refractivity contribution in [2.45, 2.75) is 0 Å². The molecule has 0 radical (unpaired) electrons. The maximum absolute atomic E-state index is 10.6. The van der Waals surface area contributed by atoms with Crippen molar-refractivity contribution < 1.29 is 23.8 Å². The highest BCUT2D eigenvalue weighted by molar-refractivity contribution is 7.12. The van der Waals surface area contributed by atoms with E-state index >= 15 is 0 Å². The summed E-state index contributed by atoms with van der Waals surface area (Å²) in [7, 11) is 0. The summed E-state index contributed by atoms with van der Waals surface area (Å²) in [5, 5.41) is 1.86. The molecular formula is C6H2O5S. The van der Waals surface area contributed by atoms with Crippen LogP contribution in [0.15, 0.2) is 11.4 Å². The van der Waals surface area contributed by atoms with Crippen molar-refractivity contribution >= 4 is 23.6 Å². The molecular weight excluding hydrogens is 184 g/mol. The molecule has 0 bridgehead atoms. The van der Waals surface area contributed by atoms with Crippen LogP contribution in [0.5, 0.6) is 10.8 Å². The molecule has 0 unspecified atom stereocenters. The molecule has 6 heteroatoms. The number of ether oxygens (including phenoxy) is 3. The molecule has 0 saturated carbocycles. The van der Waals surface area contributed by atoms with Gasteiger partial charge in [-0.05, 0) is 11.4 Å². The number of hydrogen-bond donors (Lipinski definition) is 0. The van der Waals surface area contributed by atoms with Crippen LogP contribution in [0, 0.1) is 0 Å². The lowest BCUT2D eigenvalue weighted by molar-refractivity contribution is 0.100. The third-order valence-corrected chi connectivity index (χ3v) is 1.90. The lowest BCUT2D eigenvalue weighted by atomic mass is 10.6. The second-order valence-electron chi connectivity index (χ2n) is 1.88. The number of carbonyl (C=O) groups excluding carboxylic acids is 2. The van der Waals surface area contributed by atoms with Gasteiger partial charge in [-0.1, -0.05) is 0 Å². The Hall–Kier alpha value is -1.56. The smallest absolute Gasteiger partial charge is 0.390 e. The van der Waals surface area contributed by atoms with Gasteiger partial charge in [0, 0.05) is 0 Å². The van der Waals surface area contributed by atoms with Gasteiger partial charge in [-0.15, -0.1) is 11.3 Å². The van der Waals surface area contributed by atoms with Crippen LogP contribution in [0.1, 0.15) is 0 Å². The monoisotopic (exact) mass is 186 g/mol. The average Bonchev–Trinajstić information content (AvgIpc) is 2.31. The number of hydrogen-bond acceptors (Lipinski definition) is 6. The second kappa shape index (κ2) is 2.49. The van der Waals surface area contributed by atoms with E-state index in [9.17, 15) is 9.59 Å². The van der Waals surface area contributed by atoms with Gasteiger partial charge in [-0.25, -0.2) is 9.59 Å². The molecule has 0 N–H and O–H groups in total. The minimum Gasteiger partial charge on any atom is -0.390 e. The molecule has 1 aliphatic rings. The topological polar surface area (TPSA) is 61.8 Å². The Balaban J connectivity index is 2.39. The van der Waals surface area contributed by atoms with Crippen LogP contribution in [-0.2, 0) is 4.74 Å². The molecule has 2 heterocycles. The first-order chi connectivity index (χ1) is 5.75. The largest absolute Gasteiger partial charge is 0.525 e. The van der Waals surface area contributed by atoms with Gasteiger partial charge >= 0.3 is 12.3 Å². The molecule has 2 rings (SSSR count). The number of carbonyl (C=O) groups is 2. The average molecular weight is 186 g/mol. The Morgan fingerprint density at radius 2 is 1.83 bits per heavy atom.